The van der Waals surface area contributed by atoms with Gasteiger partial charge in [0.1, 0.15) is 0 Å². The number of hydrogen-bond acceptors (Lipinski definition) is 2. The van der Waals surface area contributed by atoms with Crippen molar-refractivity contribution >= 4 is 0 Å². The Morgan fingerprint density at radius 1 is 0.667 bits per heavy atom. The van der Waals surface area contributed by atoms with E-state index >= 15 is 0 Å². The van der Waals surface area contributed by atoms with Gasteiger partial charge in [0.15, 0.2) is 0 Å². The van der Waals surface area contributed by atoms with Crippen LogP contribution in [0.4, 0.5) is 0 Å². The number of hydrogen-bond donors (Lipinski definition) is 0. The summed E-state index contributed by atoms with van der Waals surface area (Å²) in [6.07, 6.45) is 0. The molecule has 0 saturated heterocycles. The highest BCUT2D eigenvalue weighted by atomic mass is 15.3. The first-order valence-electron chi connectivity index (χ1n) is 4.73. The van der Waals surface area contributed by atoms with Crippen LogP contribution in [-0.2, 0) is 0 Å². The molecule has 0 spiro atoms. The lowest BCUT2D eigenvalue weighted by Gasteiger charge is -2.26. The fourth-order valence-electron chi connectivity index (χ4n) is 1.13. The van der Waals surface area contributed by atoms with E-state index in [-0.39, 0.29) is 7.43 Å². The Bertz CT molecular complexity index is 65.9. The maximum atomic E-state index is 2.44. The molecule has 0 N–H and O–H groups in total. The lowest BCUT2D eigenvalue weighted by atomic mass is 10.5. The summed E-state index contributed by atoms with van der Waals surface area (Å²) < 4.78 is 0. The molecule has 0 aliphatic carbocycles. The van der Waals surface area contributed by atoms with Crippen LogP contribution in [0, 0.1) is 0 Å². The molecule has 0 saturated carbocycles. The Labute approximate surface area is 78.5 Å². The van der Waals surface area contributed by atoms with E-state index < -0.39 is 0 Å². The highest BCUT2D eigenvalue weighted by molar-refractivity contribution is 4.53. The van der Waals surface area contributed by atoms with Gasteiger partial charge in [-0.05, 0) is 26.2 Å². The smallest absolute Gasteiger partial charge is 0.0505 e. The maximum absolute atomic E-state index is 2.44. The zero-order valence-electron chi connectivity index (χ0n) is 8.43. The van der Waals surface area contributed by atoms with Crippen molar-refractivity contribution in [1.29, 1.82) is 0 Å². The van der Waals surface area contributed by atoms with Crippen molar-refractivity contribution in [3.8, 4) is 0 Å². The topological polar surface area (TPSA) is 6.48 Å². The van der Waals surface area contributed by atoms with Crippen LogP contribution in [0.2, 0.25) is 0 Å². The van der Waals surface area contributed by atoms with Crippen LogP contribution in [0.25, 0.3) is 0 Å². The Balaban J connectivity index is 0. The maximum Gasteiger partial charge on any atom is 0.0505 e. The third kappa shape index (κ3) is 5.56. The summed E-state index contributed by atoms with van der Waals surface area (Å²) in [5.41, 5.74) is 0. The van der Waals surface area contributed by atoms with E-state index in [0.717, 1.165) is 32.8 Å². The average molecular weight is 174 g/mol. The van der Waals surface area contributed by atoms with Gasteiger partial charge in [-0.25, -0.2) is 0 Å². The number of nitrogens with zero attached hydrogens (tertiary/aromatic N) is 2. The van der Waals surface area contributed by atoms with Gasteiger partial charge < -0.3 is 0 Å². The van der Waals surface area contributed by atoms with Crippen LogP contribution < -0.4 is 0 Å². The molecule has 0 atom stereocenters. The first-order valence-corrected chi connectivity index (χ1v) is 4.73. The van der Waals surface area contributed by atoms with Gasteiger partial charge in [-0.2, -0.15) is 0 Å². The second kappa shape index (κ2) is 9.01. The Hall–Kier alpha value is -0.0800. The fourth-order valence-corrected chi connectivity index (χ4v) is 1.13. The molecule has 0 radical (unpaired) electrons. The molecule has 0 fully saturated rings. The molecule has 2 heteroatoms. The van der Waals surface area contributed by atoms with E-state index in [1.807, 2.05) is 0 Å². The highest BCUT2D eigenvalue weighted by Crippen LogP contribution is 1.92. The Morgan fingerprint density at radius 3 is 1.08 bits per heavy atom. The molecule has 0 aromatic rings. The van der Waals surface area contributed by atoms with Crippen molar-refractivity contribution in [3.05, 3.63) is 0 Å². The summed E-state index contributed by atoms with van der Waals surface area (Å²) in [6.45, 7) is 14.6. The minimum Gasteiger partial charge on any atom is -0.291 e. The predicted octanol–water partition coefficient (Wildman–Crippen LogP) is 2.26. The SMILES string of the molecule is C.CCN(CC)CN(CC)CC. The molecule has 0 aromatic carbocycles. The lowest BCUT2D eigenvalue weighted by Crippen LogP contribution is -2.37. The van der Waals surface area contributed by atoms with Crippen molar-refractivity contribution in [2.24, 2.45) is 0 Å². The molecule has 0 amide bonds. The summed E-state index contributed by atoms with van der Waals surface area (Å²) in [6, 6.07) is 0. The van der Waals surface area contributed by atoms with Crippen LogP contribution in [-0.4, -0.2) is 42.6 Å². The normalized spacial score (nSPS) is 10.5. The molecule has 76 valence electrons. The van der Waals surface area contributed by atoms with Gasteiger partial charge in [0, 0.05) is 0 Å². The van der Waals surface area contributed by atoms with Gasteiger partial charge in [-0.1, -0.05) is 35.1 Å². The molecule has 0 heterocycles. The Morgan fingerprint density at radius 2 is 0.917 bits per heavy atom. The molecule has 0 bridgehead atoms. The van der Waals surface area contributed by atoms with Crippen LogP contribution in [0.5, 0.6) is 0 Å². The zero-order valence-corrected chi connectivity index (χ0v) is 8.43. The quantitative estimate of drug-likeness (QED) is 0.570. The first-order chi connectivity index (χ1) is 5.28. The van der Waals surface area contributed by atoms with Crippen molar-refractivity contribution in [2.75, 3.05) is 32.8 Å². The molecule has 0 aliphatic heterocycles. The molecule has 0 unspecified atom stereocenters. The molecule has 2 nitrogen and oxygen atoms in total. The third-order valence-corrected chi connectivity index (χ3v) is 2.19. The lowest BCUT2D eigenvalue weighted by molar-refractivity contribution is 0.152. The van der Waals surface area contributed by atoms with Crippen molar-refractivity contribution in [2.45, 2.75) is 35.1 Å². The van der Waals surface area contributed by atoms with Gasteiger partial charge in [-0.15, -0.1) is 0 Å². The average Bonchev–Trinajstić information content (AvgIpc) is 2.07. The van der Waals surface area contributed by atoms with Gasteiger partial charge in [0.05, 0.1) is 6.67 Å². The molecule has 0 aromatic heterocycles. The number of rotatable bonds is 6. The second-order valence-electron chi connectivity index (χ2n) is 2.75. The molecule has 0 aliphatic rings. The summed E-state index contributed by atoms with van der Waals surface area (Å²) >= 11 is 0. The van der Waals surface area contributed by atoms with E-state index in [1.54, 1.807) is 0 Å². The Kier molecular flexibility index (Phi) is 10.8. The van der Waals surface area contributed by atoms with E-state index in [0.29, 0.717) is 0 Å². The molecular formula is C10H26N2. The summed E-state index contributed by atoms with van der Waals surface area (Å²) in [5.74, 6) is 0. The van der Waals surface area contributed by atoms with Crippen molar-refractivity contribution in [1.82, 2.24) is 9.80 Å². The minimum absolute atomic E-state index is 0. The van der Waals surface area contributed by atoms with Gasteiger partial charge in [-0.3, -0.25) is 9.80 Å². The van der Waals surface area contributed by atoms with Gasteiger partial charge in [0.25, 0.3) is 0 Å². The van der Waals surface area contributed by atoms with Gasteiger partial charge in [0.2, 0.25) is 0 Å². The summed E-state index contributed by atoms with van der Waals surface area (Å²) in [4.78, 5) is 4.88. The van der Waals surface area contributed by atoms with Crippen LogP contribution in [0.3, 0.4) is 0 Å². The summed E-state index contributed by atoms with van der Waals surface area (Å²) in [5, 5.41) is 0. The molecule has 0 rings (SSSR count). The van der Waals surface area contributed by atoms with E-state index in [2.05, 4.69) is 37.5 Å². The first kappa shape index (κ1) is 14.4. The predicted molar refractivity (Wildman–Crippen MR) is 57.4 cm³/mol. The molecule has 12 heavy (non-hydrogen) atoms. The second-order valence-corrected chi connectivity index (χ2v) is 2.75. The van der Waals surface area contributed by atoms with Crippen LogP contribution in [0.1, 0.15) is 35.1 Å². The standard InChI is InChI=1S/C9H22N2.CH4/c1-5-10(6-2)9-11(7-3)8-4;/h5-9H2,1-4H3;1H4. The third-order valence-electron chi connectivity index (χ3n) is 2.19. The van der Waals surface area contributed by atoms with Crippen LogP contribution in [0.15, 0.2) is 0 Å². The largest absolute Gasteiger partial charge is 0.291 e. The van der Waals surface area contributed by atoms with E-state index in [9.17, 15) is 0 Å². The molecular weight excluding hydrogens is 148 g/mol. The fraction of sp³-hybridized carbons (Fsp3) is 1.00. The van der Waals surface area contributed by atoms with Crippen molar-refractivity contribution in [3.63, 3.8) is 0 Å². The monoisotopic (exact) mass is 174 g/mol. The zero-order chi connectivity index (χ0) is 8.69. The minimum atomic E-state index is 0. The van der Waals surface area contributed by atoms with Gasteiger partial charge >= 0.3 is 0 Å². The van der Waals surface area contributed by atoms with Crippen LogP contribution >= 0.6 is 0 Å². The summed E-state index contributed by atoms with van der Waals surface area (Å²) in [7, 11) is 0. The van der Waals surface area contributed by atoms with E-state index in [1.165, 1.54) is 0 Å². The van der Waals surface area contributed by atoms with Crippen molar-refractivity contribution < 1.29 is 0 Å². The highest BCUT2D eigenvalue weighted by Gasteiger charge is 2.03. The van der Waals surface area contributed by atoms with E-state index in [4.69, 9.17) is 0 Å².